The fourth-order valence-corrected chi connectivity index (χ4v) is 2.43. The molecule has 0 spiro atoms. The second-order valence-electron chi connectivity index (χ2n) is 5.36. The van der Waals surface area contributed by atoms with Crippen molar-refractivity contribution >= 4 is 5.91 Å². The van der Waals surface area contributed by atoms with Crippen molar-refractivity contribution in [1.29, 1.82) is 0 Å². The van der Waals surface area contributed by atoms with Crippen molar-refractivity contribution in [3.63, 3.8) is 0 Å². The summed E-state index contributed by atoms with van der Waals surface area (Å²) >= 11 is 0. The number of amides is 1. The lowest BCUT2D eigenvalue weighted by molar-refractivity contribution is -0.122. The molecule has 0 aromatic rings. The van der Waals surface area contributed by atoms with Crippen molar-refractivity contribution < 1.29 is 4.79 Å². The number of nitrogens with one attached hydrogen (secondary N) is 1. The average molecular weight is 225 g/mol. The molecule has 2 rings (SSSR count). The minimum Gasteiger partial charge on any atom is -0.355 e. The van der Waals surface area contributed by atoms with Gasteiger partial charge < -0.3 is 11.1 Å². The fraction of sp³-hybridized carbons (Fsp3) is 0.917. The van der Waals surface area contributed by atoms with E-state index in [0.717, 1.165) is 32.0 Å². The molecule has 0 aromatic heterocycles. The van der Waals surface area contributed by atoms with Crippen LogP contribution in [-0.2, 0) is 4.79 Å². The van der Waals surface area contributed by atoms with Crippen LogP contribution in [0, 0.1) is 11.8 Å². The monoisotopic (exact) mass is 225 g/mol. The Morgan fingerprint density at radius 1 is 1.44 bits per heavy atom. The molecule has 4 heteroatoms. The molecule has 1 aliphatic carbocycles. The van der Waals surface area contributed by atoms with Gasteiger partial charge in [0.25, 0.3) is 0 Å². The van der Waals surface area contributed by atoms with Crippen LogP contribution in [0.3, 0.4) is 0 Å². The number of nitrogens with zero attached hydrogens (tertiary/aromatic N) is 1. The fourth-order valence-electron chi connectivity index (χ4n) is 2.43. The summed E-state index contributed by atoms with van der Waals surface area (Å²) in [6.45, 7) is 5.33. The third-order valence-electron chi connectivity index (χ3n) is 3.76. The Bertz CT molecular complexity index is 253. The van der Waals surface area contributed by atoms with Crippen LogP contribution < -0.4 is 11.1 Å². The molecule has 1 saturated heterocycles. The molecule has 1 aliphatic heterocycles. The zero-order valence-electron chi connectivity index (χ0n) is 10.1. The summed E-state index contributed by atoms with van der Waals surface area (Å²) in [6.07, 6.45) is 3.71. The summed E-state index contributed by atoms with van der Waals surface area (Å²) in [5, 5.41) is 3.01. The summed E-state index contributed by atoms with van der Waals surface area (Å²) in [5.41, 5.74) is 5.67. The van der Waals surface area contributed by atoms with Gasteiger partial charge in [-0.2, -0.15) is 0 Å². The van der Waals surface area contributed by atoms with E-state index in [0.29, 0.717) is 18.5 Å². The SMILES string of the molecule is CC1CC(CN)CN1CC(=O)NCC1CC1. The molecule has 92 valence electrons. The van der Waals surface area contributed by atoms with E-state index < -0.39 is 0 Å². The topological polar surface area (TPSA) is 58.4 Å². The zero-order valence-corrected chi connectivity index (χ0v) is 10.1. The van der Waals surface area contributed by atoms with Crippen LogP contribution in [0.5, 0.6) is 0 Å². The highest BCUT2D eigenvalue weighted by Crippen LogP contribution is 2.27. The van der Waals surface area contributed by atoms with Crippen LogP contribution in [0.25, 0.3) is 0 Å². The van der Waals surface area contributed by atoms with Gasteiger partial charge in [-0.15, -0.1) is 0 Å². The van der Waals surface area contributed by atoms with E-state index in [1.165, 1.54) is 12.8 Å². The molecule has 4 nitrogen and oxygen atoms in total. The van der Waals surface area contributed by atoms with Crippen molar-refractivity contribution in [2.45, 2.75) is 32.2 Å². The minimum atomic E-state index is 0.177. The maximum atomic E-state index is 11.7. The molecular formula is C12H23N3O. The molecule has 2 atom stereocenters. The van der Waals surface area contributed by atoms with Gasteiger partial charge in [0, 0.05) is 19.1 Å². The molecule has 1 amide bonds. The first-order valence-corrected chi connectivity index (χ1v) is 6.40. The number of carbonyl (C=O) groups excluding carboxylic acids is 1. The first-order valence-electron chi connectivity index (χ1n) is 6.40. The Labute approximate surface area is 97.6 Å². The van der Waals surface area contributed by atoms with Crippen molar-refractivity contribution in [2.75, 3.05) is 26.2 Å². The molecule has 1 saturated carbocycles. The standard InChI is InChI=1S/C12H23N3O/c1-9-4-11(5-13)7-15(9)8-12(16)14-6-10-2-3-10/h9-11H,2-8,13H2,1H3,(H,14,16). The molecule has 0 aromatic carbocycles. The van der Waals surface area contributed by atoms with Crippen LogP contribution in [0.2, 0.25) is 0 Å². The molecule has 2 aliphatic rings. The predicted molar refractivity (Wildman–Crippen MR) is 63.9 cm³/mol. The van der Waals surface area contributed by atoms with Gasteiger partial charge in [-0.05, 0) is 44.6 Å². The van der Waals surface area contributed by atoms with E-state index in [1.807, 2.05) is 0 Å². The summed E-state index contributed by atoms with van der Waals surface area (Å²) < 4.78 is 0. The number of nitrogens with two attached hydrogens (primary N) is 1. The second-order valence-corrected chi connectivity index (χ2v) is 5.36. The van der Waals surface area contributed by atoms with Gasteiger partial charge in [0.2, 0.25) is 5.91 Å². The molecule has 0 radical (unpaired) electrons. The molecule has 2 fully saturated rings. The van der Waals surface area contributed by atoms with E-state index in [9.17, 15) is 4.79 Å². The van der Waals surface area contributed by atoms with Gasteiger partial charge in [-0.25, -0.2) is 0 Å². The molecule has 16 heavy (non-hydrogen) atoms. The van der Waals surface area contributed by atoms with E-state index in [4.69, 9.17) is 5.73 Å². The van der Waals surface area contributed by atoms with Gasteiger partial charge in [-0.3, -0.25) is 9.69 Å². The highest BCUT2D eigenvalue weighted by Gasteiger charge is 2.29. The van der Waals surface area contributed by atoms with Crippen molar-refractivity contribution in [2.24, 2.45) is 17.6 Å². The number of likely N-dealkylation sites (tertiary alicyclic amines) is 1. The van der Waals surface area contributed by atoms with E-state index >= 15 is 0 Å². The van der Waals surface area contributed by atoms with Crippen LogP contribution >= 0.6 is 0 Å². The van der Waals surface area contributed by atoms with Gasteiger partial charge in [0.15, 0.2) is 0 Å². The van der Waals surface area contributed by atoms with Gasteiger partial charge in [0.05, 0.1) is 6.54 Å². The van der Waals surface area contributed by atoms with Gasteiger partial charge in [0.1, 0.15) is 0 Å². The quantitative estimate of drug-likeness (QED) is 0.702. The summed E-state index contributed by atoms with van der Waals surface area (Å²) in [6, 6.07) is 0.500. The van der Waals surface area contributed by atoms with Gasteiger partial charge in [-0.1, -0.05) is 0 Å². The third-order valence-corrected chi connectivity index (χ3v) is 3.76. The minimum absolute atomic E-state index is 0.177. The predicted octanol–water partition coefficient (Wildman–Crippen LogP) is 0.182. The molecule has 0 bridgehead atoms. The van der Waals surface area contributed by atoms with E-state index in [-0.39, 0.29) is 5.91 Å². The maximum Gasteiger partial charge on any atom is 0.234 e. The Kier molecular flexibility index (Phi) is 3.82. The van der Waals surface area contributed by atoms with Crippen LogP contribution in [-0.4, -0.2) is 43.0 Å². The van der Waals surface area contributed by atoms with Crippen LogP contribution in [0.15, 0.2) is 0 Å². The number of rotatable bonds is 5. The molecular weight excluding hydrogens is 202 g/mol. The number of carbonyl (C=O) groups is 1. The first kappa shape index (κ1) is 11.9. The van der Waals surface area contributed by atoms with Gasteiger partial charge >= 0.3 is 0 Å². The van der Waals surface area contributed by atoms with Crippen LogP contribution in [0.1, 0.15) is 26.2 Å². The van der Waals surface area contributed by atoms with Crippen molar-refractivity contribution in [3.8, 4) is 0 Å². The third kappa shape index (κ3) is 3.19. The largest absolute Gasteiger partial charge is 0.355 e. The van der Waals surface area contributed by atoms with Crippen LogP contribution in [0.4, 0.5) is 0 Å². The summed E-state index contributed by atoms with van der Waals surface area (Å²) in [5.74, 6) is 1.51. The molecule has 3 N–H and O–H groups in total. The molecule has 1 heterocycles. The molecule has 2 unspecified atom stereocenters. The first-order chi connectivity index (χ1) is 7.69. The highest BCUT2D eigenvalue weighted by atomic mass is 16.2. The Morgan fingerprint density at radius 2 is 2.19 bits per heavy atom. The lowest BCUT2D eigenvalue weighted by Gasteiger charge is -2.20. The van der Waals surface area contributed by atoms with Crippen molar-refractivity contribution in [3.05, 3.63) is 0 Å². The average Bonchev–Trinajstić information content (AvgIpc) is 3.02. The summed E-state index contributed by atoms with van der Waals surface area (Å²) in [4.78, 5) is 13.9. The number of hydrogen-bond acceptors (Lipinski definition) is 3. The normalized spacial score (nSPS) is 30.6. The maximum absolute atomic E-state index is 11.7. The Morgan fingerprint density at radius 3 is 2.75 bits per heavy atom. The summed E-state index contributed by atoms with van der Waals surface area (Å²) in [7, 11) is 0. The van der Waals surface area contributed by atoms with E-state index in [1.54, 1.807) is 0 Å². The lowest BCUT2D eigenvalue weighted by Crippen LogP contribution is -2.39. The Hall–Kier alpha value is -0.610. The van der Waals surface area contributed by atoms with Crippen molar-refractivity contribution in [1.82, 2.24) is 10.2 Å². The highest BCUT2D eigenvalue weighted by molar-refractivity contribution is 5.78. The Balaban J connectivity index is 1.69. The zero-order chi connectivity index (χ0) is 11.5. The lowest BCUT2D eigenvalue weighted by atomic mass is 10.1. The number of hydrogen-bond donors (Lipinski definition) is 2. The second kappa shape index (κ2) is 5.15. The van der Waals surface area contributed by atoms with E-state index in [2.05, 4.69) is 17.1 Å². The smallest absolute Gasteiger partial charge is 0.234 e.